The minimum absolute atomic E-state index is 0.170. The van der Waals surface area contributed by atoms with Crippen LogP contribution in [-0.2, 0) is 0 Å². The van der Waals surface area contributed by atoms with Crippen molar-refractivity contribution in [2.75, 3.05) is 11.9 Å². The van der Waals surface area contributed by atoms with Crippen LogP contribution < -0.4 is 10.6 Å². The molecule has 2 heterocycles. The number of hydrogen-bond donors (Lipinski definition) is 2. The van der Waals surface area contributed by atoms with Crippen LogP contribution in [0.15, 0.2) is 22.2 Å². The molecule has 2 aromatic rings. The number of anilines is 1. The largest absolute Gasteiger partial charge is 0.364 e. The van der Waals surface area contributed by atoms with Gasteiger partial charge in [0.15, 0.2) is 10.8 Å². The lowest BCUT2D eigenvalue weighted by atomic mass is 10.3. The van der Waals surface area contributed by atoms with E-state index in [4.69, 9.17) is 0 Å². The third-order valence-electron chi connectivity index (χ3n) is 2.37. The molecule has 18 heavy (non-hydrogen) atoms. The fourth-order valence-electron chi connectivity index (χ4n) is 1.44. The topological polar surface area (TPSA) is 80.0 Å². The fourth-order valence-corrected chi connectivity index (χ4v) is 2.24. The number of aromatic nitrogens is 2. The molecule has 0 aromatic carbocycles. The van der Waals surface area contributed by atoms with Gasteiger partial charge in [-0.2, -0.15) is 0 Å². The summed E-state index contributed by atoms with van der Waals surface area (Å²) in [4.78, 5) is 16.0. The minimum atomic E-state index is -0.319. The van der Waals surface area contributed by atoms with Gasteiger partial charge in [-0.25, -0.2) is 4.98 Å². The second kappa shape index (κ2) is 5.74. The van der Waals surface area contributed by atoms with Gasteiger partial charge in [0, 0.05) is 17.5 Å². The summed E-state index contributed by atoms with van der Waals surface area (Å²) in [6.07, 6.45) is 1.36. The van der Waals surface area contributed by atoms with Gasteiger partial charge in [0.25, 0.3) is 5.91 Å². The predicted octanol–water partition coefficient (Wildman–Crippen LogP) is 2.05. The van der Waals surface area contributed by atoms with Gasteiger partial charge in [-0.15, -0.1) is 11.3 Å². The average Bonchev–Trinajstić information content (AvgIpc) is 2.99. The molecule has 0 aliphatic heterocycles. The van der Waals surface area contributed by atoms with Crippen LogP contribution in [0.3, 0.4) is 0 Å². The van der Waals surface area contributed by atoms with Gasteiger partial charge in [-0.1, -0.05) is 12.1 Å². The third-order valence-corrected chi connectivity index (χ3v) is 3.14. The molecule has 0 aliphatic carbocycles. The Labute approximate surface area is 108 Å². The molecular formula is C11H14N4O2S. The van der Waals surface area contributed by atoms with Gasteiger partial charge in [-0.3, -0.25) is 10.1 Å². The second-order valence-electron chi connectivity index (χ2n) is 3.70. The van der Waals surface area contributed by atoms with E-state index >= 15 is 0 Å². The van der Waals surface area contributed by atoms with Crippen LogP contribution in [0.1, 0.15) is 36.1 Å². The SMILES string of the molecule is CCNC(C)c1csc(NC(=O)c2ccon2)n1. The lowest BCUT2D eigenvalue weighted by molar-refractivity contribution is 0.101. The number of nitrogens with one attached hydrogen (secondary N) is 2. The van der Waals surface area contributed by atoms with Crippen LogP contribution in [0.25, 0.3) is 0 Å². The maximum absolute atomic E-state index is 11.7. The van der Waals surface area contributed by atoms with Crippen molar-refractivity contribution in [2.24, 2.45) is 0 Å². The molecule has 1 amide bonds. The van der Waals surface area contributed by atoms with E-state index < -0.39 is 0 Å². The second-order valence-corrected chi connectivity index (χ2v) is 4.55. The van der Waals surface area contributed by atoms with Crippen LogP contribution >= 0.6 is 11.3 Å². The normalized spacial score (nSPS) is 12.3. The van der Waals surface area contributed by atoms with E-state index in [1.807, 2.05) is 19.2 Å². The Balaban J connectivity index is 2.00. The van der Waals surface area contributed by atoms with Crippen LogP contribution in [-0.4, -0.2) is 22.6 Å². The zero-order chi connectivity index (χ0) is 13.0. The Kier molecular flexibility index (Phi) is 4.06. The molecule has 6 nitrogen and oxygen atoms in total. The van der Waals surface area contributed by atoms with Crippen molar-refractivity contribution in [3.05, 3.63) is 29.1 Å². The van der Waals surface area contributed by atoms with Crippen molar-refractivity contribution >= 4 is 22.4 Å². The van der Waals surface area contributed by atoms with E-state index in [0.29, 0.717) is 5.13 Å². The first kappa shape index (κ1) is 12.7. The van der Waals surface area contributed by atoms with Crippen LogP contribution in [0.2, 0.25) is 0 Å². The maximum Gasteiger partial charge on any atom is 0.279 e. The quantitative estimate of drug-likeness (QED) is 0.865. The molecule has 0 saturated heterocycles. The molecule has 0 spiro atoms. The molecule has 0 saturated carbocycles. The van der Waals surface area contributed by atoms with Crippen LogP contribution in [0.4, 0.5) is 5.13 Å². The van der Waals surface area contributed by atoms with Crippen molar-refractivity contribution in [2.45, 2.75) is 19.9 Å². The van der Waals surface area contributed by atoms with E-state index in [9.17, 15) is 4.79 Å². The number of thiazole rings is 1. The molecule has 2 aromatic heterocycles. The summed E-state index contributed by atoms with van der Waals surface area (Å²) in [6.45, 7) is 4.94. The first-order valence-electron chi connectivity index (χ1n) is 5.61. The van der Waals surface area contributed by atoms with E-state index in [2.05, 4.69) is 25.3 Å². The third kappa shape index (κ3) is 2.93. The Morgan fingerprint density at radius 1 is 1.61 bits per heavy atom. The van der Waals surface area contributed by atoms with Crippen molar-refractivity contribution in [1.29, 1.82) is 0 Å². The van der Waals surface area contributed by atoms with Gasteiger partial charge < -0.3 is 9.84 Å². The Morgan fingerprint density at radius 3 is 3.11 bits per heavy atom. The van der Waals surface area contributed by atoms with Gasteiger partial charge >= 0.3 is 0 Å². The first-order valence-corrected chi connectivity index (χ1v) is 6.49. The molecular weight excluding hydrogens is 252 g/mol. The molecule has 2 rings (SSSR count). The molecule has 0 bridgehead atoms. The van der Waals surface area contributed by atoms with Crippen molar-refractivity contribution < 1.29 is 9.32 Å². The maximum atomic E-state index is 11.7. The number of nitrogens with zero attached hydrogens (tertiary/aromatic N) is 2. The molecule has 96 valence electrons. The van der Waals surface area contributed by atoms with Crippen molar-refractivity contribution in [1.82, 2.24) is 15.5 Å². The average molecular weight is 266 g/mol. The fraction of sp³-hybridized carbons (Fsp3) is 0.364. The standard InChI is InChI=1S/C11H14N4O2S/c1-3-12-7(2)9-6-18-11(13-9)14-10(16)8-4-5-17-15-8/h4-7,12H,3H2,1-2H3,(H,13,14,16). The highest BCUT2D eigenvalue weighted by atomic mass is 32.1. The smallest absolute Gasteiger partial charge is 0.279 e. The molecule has 2 N–H and O–H groups in total. The molecule has 0 fully saturated rings. The van der Waals surface area contributed by atoms with E-state index in [0.717, 1.165) is 12.2 Å². The first-order chi connectivity index (χ1) is 8.70. The summed E-state index contributed by atoms with van der Waals surface area (Å²) in [7, 11) is 0. The summed E-state index contributed by atoms with van der Waals surface area (Å²) < 4.78 is 4.61. The molecule has 1 atom stereocenters. The number of amides is 1. The number of carbonyl (C=O) groups excluding carboxylic acids is 1. The molecule has 7 heteroatoms. The zero-order valence-electron chi connectivity index (χ0n) is 10.1. The highest BCUT2D eigenvalue weighted by molar-refractivity contribution is 7.14. The van der Waals surface area contributed by atoms with E-state index in [1.165, 1.54) is 23.7 Å². The summed E-state index contributed by atoms with van der Waals surface area (Å²) in [5.41, 5.74) is 1.16. The number of rotatable bonds is 5. The predicted molar refractivity (Wildman–Crippen MR) is 68.7 cm³/mol. The lowest BCUT2D eigenvalue weighted by Crippen LogP contribution is -2.18. The number of carbonyl (C=O) groups is 1. The summed E-state index contributed by atoms with van der Waals surface area (Å²) >= 11 is 1.39. The zero-order valence-corrected chi connectivity index (χ0v) is 11.0. The van der Waals surface area contributed by atoms with Crippen molar-refractivity contribution in [3.63, 3.8) is 0 Å². The highest BCUT2D eigenvalue weighted by Gasteiger charge is 2.13. The minimum Gasteiger partial charge on any atom is -0.364 e. The summed E-state index contributed by atoms with van der Waals surface area (Å²) in [5, 5.41) is 12.0. The van der Waals surface area contributed by atoms with Gasteiger partial charge in [-0.05, 0) is 13.5 Å². The lowest BCUT2D eigenvalue weighted by Gasteiger charge is -2.08. The van der Waals surface area contributed by atoms with Crippen LogP contribution in [0, 0.1) is 0 Å². The Morgan fingerprint density at radius 2 is 2.44 bits per heavy atom. The molecule has 0 aliphatic rings. The van der Waals surface area contributed by atoms with Crippen molar-refractivity contribution in [3.8, 4) is 0 Å². The van der Waals surface area contributed by atoms with Crippen LogP contribution in [0.5, 0.6) is 0 Å². The van der Waals surface area contributed by atoms with E-state index in [-0.39, 0.29) is 17.6 Å². The van der Waals surface area contributed by atoms with Gasteiger partial charge in [0.1, 0.15) is 6.26 Å². The van der Waals surface area contributed by atoms with Gasteiger partial charge in [0.2, 0.25) is 0 Å². The number of hydrogen-bond acceptors (Lipinski definition) is 6. The summed E-state index contributed by atoms with van der Waals surface area (Å²) in [6, 6.07) is 1.68. The molecule has 1 unspecified atom stereocenters. The van der Waals surface area contributed by atoms with E-state index in [1.54, 1.807) is 0 Å². The Hall–Kier alpha value is -1.73. The molecule has 0 radical (unpaired) electrons. The highest BCUT2D eigenvalue weighted by Crippen LogP contribution is 2.20. The summed E-state index contributed by atoms with van der Waals surface area (Å²) in [5.74, 6) is -0.319. The monoisotopic (exact) mass is 266 g/mol. The Bertz CT molecular complexity index is 509. The van der Waals surface area contributed by atoms with Gasteiger partial charge in [0.05, 0.1) is 5.69 Å².